The van der Waals surface area contributed by atoms with Crippen LogP contribution < -0.4 is 5.32 Å². The van der Waals surface area contributed by atoms with Crippen molar-refractivity contribution < 1.29 is 0 Å². The van der Waals surface area contributed by atoms with Crippen LogP contribution in [0, 0.1) is 6.92 Å². The average molecular weight is 255 g/mol. The van der Waals surface area contributed by atoms with Gasteiger partial charge in [-0.1, -0.05) is 6.92 Å². The van der Waals surface area contributed by atoms with Gasteiger partial charge in [0, 0.05) is 30.9 Å². The van der Waals surface area contributed by atoms with Crippen molar-refractivity contribution in [2.75, 3.05) is 25.0 Å². The summed E-state index contributed by atoms with van der Waals surface area (Å²) in [5, 5.41) is 3.76. The van der Waals surface area contributed by atoms with Crippen LogP contribution in [0.2, 0.25) is 5.28 Å². The lowest BCUT2D eigenvalue weighted by atomic mass is 10.1. The van der Waals surface area contributed by atoms with E-state index in [0.717, 1.165) is 44.0 Å². The van der Waals surface area contributed by atoms with Crippen LogP contribution in [0.5, 0.6) is 0 Å². The maximum Gasteiger partial charge on any atom is 0.224 e. The van der Waals surface area contributed by atoms with Crippen molar-refractivity contribution in [1.82, 2.24) is 14.9 Å². The van der Waals surface area contributed by atoms with Gasteiger partial charge in [0.05, 0.1) is 0 Å². The monoisotopic (exact) mass is 254 g/mol. The van der Waals surface area contributed by atoms with Gasteiger partial charge < -0.3 is 10.2 Å². The number of aryl methyl sites for hydroxylation is 1. The zero-order chi connectivity index (χ0) is 12.3. The third-order valence-electron chi connectivity index (χ3n) is 3.21. The molecular formula is C12H19ClN4. The van der Waals surface area contributed by atoms with Gasteiger partial charge in [-0.15, -0.1) is 0 Å². The Balaban J connectivity index is 1.93. The summed E-state index contributed by atoms with van der Waals surface area (Å²) >= 11 is 5.84. The van der Waals surface area contributed by atoms with Crippen molar-refractivity contribution in [3.8, 4) is 0 Å². The van der Waals surface area contributed by atoms with Crippen LogP contribution in [0.1, 0.15) is 25.5 Å². The van der Waals surface area contributed by atoms with Crippen molar-refractivity contribution in [3.05, 3.63) is 17.0 Å². The molecule has 0 amide bonds. The normalized spacial score (nSPS) is 18.3. The predicted molar refractivity (Wildman–Crippen MR) is 70.5 cm³/mol. The molecule has 2 rings (SSSR count). The van der Waals surface area contributed by atoms with Crippen molar-refractivity contribution in [1.29, 1.82) is 0 Å². The first-order valence-corrected chi connectivity index (χ1v) is 6.55. The fraction of sp³-hybridized carbons (Fsp3) is 0.667. The molecule has 2 heterocycles. The minimum absolute atomic E-state index is 0.318. The Labute approximate surface area is 107 Å². The Hall–Kier alpha value is -0.870. The molecule has 1 N–H and O–H groups in total. The minimum Gasteiger partial charge on any atom is -0.367 e. The number of anilines is 1. The highest BCUT2D eigenvalue weighted by Crippen LogP contribution is 2.16. The molecule has 0 spiro atoms. The molecule has 94 valence electrons. The quantitative estimate of drug-likeness (QED) is 0.841. The number of aromatic nitrogens is 2. The number of nitrogens with zero attached hydrogens (tertiary/aromatic N) is 3. The van der Waals surface area contributed by atoms with Crippen molar-refractivity contribution in [2.24, 2.45) is 0 Å². The molecule has 0 aromatic carbocycles. The lowest BCUT2D eigenvalue weighted by Crippen LogP contribution is -2.39. The van der Waals surface area contributed by atoms with E-state index in [1.54, 1.807) is 0 Å². The highest BCUT2D eigenvalue weighted by Gasteiger charge is 2.18. The smallest absolute Gasteiger partial charge is 0.224 e. The second-order valence-electron chi connectivity index (χ2n) is 4.52. The molecule has 5 heteroatoms. The molecule has 0 radical (unpaired) electrons. The van der Waals surface area contributed by atoms with Gasteiger partial charge in [-0.05, 0) is 37.9 Å². The number of rotatable bonds is 3. The lowest BCUT2D eigenvalue weighted by molar-refractivity contribution is 0.229. The molecule has 1 aliphatic heterocycles. The maximum atomic E-state index is 5.84. The number of piperidine rings is 1. The molecule has 1 saturated heterocycles. The molecular weight excluding hydrogens is 236 g/mol. The van der Waals surface area contributed by atoms with Gasteiger partial charge in [-0.2, -0.15) is 0 Å². The molecule has 1 aromatic rings. The summed E-state index contributed by atoms with van der Waals surface area (Å²) in [7, 11) is 0. The van der Waals surface area contributed by atoms with Gasteiger partial charge >= 0.3 is 0 Å². The second-order valence-corrected chi connectivity index (χ2v) is 4.85. The molecule has 0 bridgehead atoms. The van der Waals surface area contributed by atoms with E-state index >= 15 is 0 Å². The number of hydrogen-bond donors (Lipinski definition) is 1. The first-order chi connectivity index (χ1) is 8.17. The summed E-state index contributed by atoms with van der Waals surface area (Å²) in [4.78, 5) is 10.7. The van der Waals surface area contributed by atoms with Crippen LogP contribution in [0.25, 0.3) is 0 Å². The van der Waals surface area contributed by atoms with Crippen molar-refractivity contribution in [2.45, 2.75) is 32.7 Å². The molecule has 17 heavy (non-hydrogen) atoms. The van der Waals surface area contributed by atoms with Gasteiger partial charge in [0.25, 0.3) is 0 Å². The maximum absolute atomic E-state index is 5.84. The van der Waals surface area contributed by atoms with E-state index in [9.17, 15) is 0 Å². The molecule has 1 fully saturated rings. The van der Waals surface area contributed by atoms with Gasteiger partial charge in [0.15, 0.2) is 0 Å². The molecule has 4 nitrogen and oxygen atoms in total. The number of likely N-dealkylation sites (tertiary alicyclic amines) is 1. The summed E-state index contributed by atoms with van der Waals surface area (Å²) in [5.74, 6) is 0.845. The summed E-state index contributed by atoms with van der Waals surface area (Å²) < 4.78 is 0. The van der Waals surface area contributed by atoms with E-state index in [1.807, 2.05) is 13.0 Å². The average Bonchev–Trinajstić information content (AvgIpc) is 2.28. The second kappa shape index (κ2) is 5.65. The summed E-state index contributed by atoms with van der Waals surface area (Å²) in [5.41, 5.74) is 0.901. The minimum atomic E-state index is 0.318. The fourth-order valence-corrected chi connectivity index (χ4v) is 2.43. The van der Waals surface area contributed by atoms with Gasteiger partial charge in [0.1, 0.15) is 5.82 Å². The first kappa shape index (κ1) is 12.6. The molecule has 1 aliphatic rings. The third-order valence-corrected chi connectivity index (χ3v) is 3.38. The van der Waals surface area contributed by atoms with Gasteiger partial charge in [-0.25, -0.2) is 9.97 Å². The summed E-state index contributed by atoms with van der Waals surface area (Å²) in [6.07, 6.45) is 2.32. The van der Waals surface area contributed by atoms with Gasteiger partial charge in [0.2, 0.25) is 5.28 Å². The summed E-state index contributed by atoms with van der Waals surface area (Å²) in [6.45, 7) is 7.60. The molecule has 0 unspecified atom stereocenters. The standard InChI is InChI=1S/C12H19ClN4/c1-3-17-6-4-10(5-7-17)15-11-8-9(2)14-12(13)16-11/h8,10H,3-7H2,1-2H3,(H,14,15,16). The molecule has 0 atom stereocenters. The SMILES string of the molecule is CCN1CCC(Nc2cc(C)nc(Cl)n2)CC1. The van der Waals surface area contributed by atoms with Crippen molar-refractivity contribution in [3.63, 3.8) is 0 Å². The van der Waals surface area contributed by atoms with Gasteiger partial charge in [-0.3, -0.25) is 0 Å². The molecule has 0 saturated carbocycles. The topological polar surface area (TPSA) is 41.0 Å². The Morgan fingerprint density at radius 1 is 1.41 bits per heavy atom. The van der Waals surface area contributed by atoms with E-state index in [2.05, 4.69) is 27.1 Å². The number of hydrogen-bond acceptors (Lipinski definition) is 4. The highest BCUT2D eigenvalue weighted by atomic mass is 35.5. The van der Waals surface area contributed by atoms with E-state index in [-0.39, 0.29) is 0 Å². The summed E-state index contributed by atoms with van der Waals surface area (Å²) in [6, 6.07) is 2.45. The van der Waals surface area contributed by atoms with E-state index in [4.69, 9.17) is 11.6 Å². The van der Waals surface area contributed by atoms with Crippen LogP contribution in [0.4, 0.5) is 5.82 Å². The van der Waals surface area contributed by atoms with Crippen molar-refractivity contribution >= 4 is 17.4 Å². The lowest BCUT2D eigenvalue weighted by Gasteiger charge is -2.31. The third kappa shape index (κ3) is 3.54. The molecule has 0 aliphatic carbocycles. The van der Waals surface area contributed by atoms with Crippen LogP contribution in [0.15, 0.2) is 6.07 Å². The van der Waals surface area contributed by atoms with E-state index in [1.165, 1.54) is 0 Å². The van der Waals surface area contributed by atoms with E-state index < -0.39 is 0 Å². The largest absolute Gasteiger partial charge is 0.367 e. The number of nitrogens with one attached hydrogen (secondary N) is 1. The number of halogens is 1. The predicted octanol–water partition coefficient (Wildman–Crippen LogP) is 2.33. The van der Waals surface area contributed by atoms with Crippen LogP contribution in [-0.2, 0) is 0 Å². The zero-order valence-electron chi connectivity index (χ0n) is 10.4. The van der Waals surface area contributed by atoms with E-state index in [0.29, 0.717) is 11.3 Å². The first-order valence-electron chi connectivity index (χ1n) is 6.17. The van der Waals surface area contributed by atoms with Crippen LogP contribution >= 0.6 is 11.6 Å². The Morgan fingerprint density at radius 2 is 2.12 bits per heavy atom. The Bertz CT molecular complexity index is 355. The van der Waals surface area contributed by atoms with Crippen LogP contribution in [-0.4, -0.2) is 40.5 Å². The van der Waals surface area contributed by atoms with Crippen LogP contribution in [0.3, 0.4) is 0 Å². The Kier molecular flexibility index (Phi) is 4.18. The Morgan fingerprint density at radius 3 is 2.71 bits per heavy atom. The highest BCUT2D eigenvalue weighted by molar-refractivity contribution is 6.28. The zero-order valence-corrected chi connectivity index (χ0v) is 11.2. The molecule has 1 aromatic heterocycles. The fourth-order valence-electron chi connectivity index (χ4n) is 2.21.